The molecule has 0 aliphatic rings. The molecular weight excluding hydrogens is 326 g/mol. The molecule has 0 saturated heterocycles. The van der Waals surface area contributed by atoms with Crippen LogP contribution in [-0.4, -0.2) is 15.6 Å². The number of nitrogens with two attached hydrogens (primary N) is 1. The maximum Gasteiger partial charge on any atom is 0.353 e. The van der Waals surface area contributed by atoms with E-state index in [4.69, 9.17) is 5.73 Å². The third-order valence-corrected chi connectivity index (χ3v) is 4.59. The lowest BCUT2D eigenvalue weighted by Crippen LogP contribution is -2.07. The number of nitrogens with zero attached hydrogens (tertiary/aromatic N) is 2. The number of carboxylic acids is 1. The molecule has 0 aliphatic heterocycles. The number of aromatic carboxylic acids is 1. The van der Waals surface area contributed by atoms with Crippen LogP contribution >= 0.6 is 0 Å². The summed E-state index contributed by atoms with van der Waals surface area (Å²) >= 11 is 0. The summed E-state index contributed by atoms with van der Waals surface area (Å²) in [4.78, 5) is 11.8. The van der Waals surface area contributed by atoms with Crippen molar-refractivity contribution in [1.82, 2.24) is 4.57 Å². The molecule has 0 amide bonds. The zero-order valence-electron chi connectivity index (χ0n) is 14.7. The first kappa shape index (κ1) is 17.3. The van der Waals surface area contributed by atoms with Gasteiger partial charge in [0.25, 0.3) is 0 Å². The Morgan fingerprint density at radius 3 is 2.42 bits per heavy atom. The minimum absolute atomic E-state index is 0.102. The lowest BCUT2D eigenvalue weighted by molar-refractivity contribution is 0.0687. The van der Waals surface area contributed by atoms with E-state index in [9.17, 15) is 15.2 Å². The van der Waals surface area contributed by atoms with E-state index >= 15 is 0 Å². The number of carbonyl (C=O) groups is 1. The first-order valence-electron chi connectivity index (χ1n) is 8.29. The standard InChI is InChI=1S/C21H19N3O2/c1-3-18-16(12-22)19(20(21(25)26)24(18)2)14-9-10-15(17(23)11-14)13-7-5-4-6-8-13/h4-11H,3,23H2,1-2H3,(H,25,26). The van der Waals surface area contributed by atoms with Gasteiger partial charge in [0.2, 0.25) is 0 Å². The second-order valence-electron chi connectivity index (χ2n) is 6.04. The molecule has 2 aromatic carbocycles. The van der Waals surface area contributed by atoms with E-state index in [1.165, 1.54) is 0 Å². The number of nitriles is 1. The van der Waals surface area contributed by atoms with Crippen LogP contribution in [0.4, 0.5) is 5.69 Å². The number of hydrogen-bond donors (Lipinski definition) is 2. The number of hydrogen-bond acceptors (Lipinski definition) is 3. The monoisotopic (exact) mass is 345 g/mol. The third-order valence-electron chi connectivity index (χ3n) is 4.59. The summed E-state index contributed by atoms with van der Waals surface area (Å²) in [5.74, 6) is -1.07. The van der Waals surface area contributed by atoms with Crippen molar-refractivity contribution in [2.24, 2.45) is 7.05 Å². The first-order chi connectivity index (χ1) is 12.5. The van der Waals surface area contributed by atoms with Crippen LogP contribution in [0, 0.1) is 11.3 Å². The Bertz CT molecular complexity index is 1030. The number of benzene rings is 2. The number of rotatable bonds is 4. The molecule has 0 spiro atoms. The fourth-order valence-electron chi connectivity index (χ4n) is 3.40. The summed E-state index contributed by atoms with van der Waals surface area (Å²) in [5, 5.41) is 19.3. The maximum atomic E-state index is 11.8. The van der Waals surface area contributed by atoms with Crippen molar-refractivity contribution in [1.29, 1.82) is 5.26 Å². The van der Waals surface area contributed by atoms with Gasteiger partial charge in [-0.3, -0.25) is 0 Å². The van der Waals surface area contributed by atoms with Gasteiger partial charge in [-0.2, -0.15) is 5.26 Å². The van der Waals surface area contributed by atoms with Crippen molar-refractivity contribution < 1.29 is 9.90 Å². The maximum absolute atomic E-state index is 11.8. The molecule has 5 heteroatoms. The third kappa shape index (κ3) is 2.72. The molecule has 0 fully saturated rings. The van der Waals surface area contributed by atoms with Gasteiger partial charge in [0.15, 0.2) is 0 Å². The van der Waals surface area contributed by atoms with Crippen LogP contribution < -0.4 is 5.73 Å². The van der Waals surface area contributed by atoms with Gasteiger partial charge in [0.1, 0.15) is 11.8 Å². The summed E-state index contributed by atoms with van der Waals surface area (Å²) in [6, 6.07) is 17.3. The van der Waals surface area contributed by atoms with E-state index in [1.54, 1.807) is 17.7 Å². The summed E-state index contributed by atoms with van der Waals surface area (Å²) in [6.45, 7) is 1.90. The van der Waals surface area contributed by atoms with Gasteiger partial charge in [-0.1, -0.05) is 49.4 Å². The van der Waals surface area contributed by atoms with Crippen LogP contribution in [0.5, 0.6) is 0 Å². The lowest BCUT2D eigenvalue weighted by atomic mass is 9.96. The Hall–Kier alpha value is -3.52. The number of aromatic nitrogens is 1. The van der Waals surface area contributed by atoms with Crippen molar-refractivity contribution in [3.05, 3.63) is 65.5 Å². The second kappa shape index (κ2) is 6.77. The van der Waals surface area contributed by atoms with Gasteiger partial charge < -0.3 is 15.4 Å². The molecule has 3 N–H and O–H groups in total. The highest BCUT2D eigenvalue weighted by Crippen LogP contribution is 2.36. The zero-order valence-corrected chi connectivity index (χ0v) is 14.7. The van der Waals surface area contributed by atoms with Crippen molar-refractivity contribution in [2.45, 2.75) is 13.3 Å². The van der Waals surface area contributed by atoms with Crippen molar-refractivity contribution in [2.75, 3.05) is 5.73 Å². The molecule has 1 aromatic heterocycles. The number of carboxylic acid groups (broad SMARTS) is 1. The Balaban J connectivity index is 2.24. The molecular formula is C21H19N3O2. The Kier molecular flexibility index (Phi) is 4.51. The average Bonchev–Trinajstić information content (AvgIpc) is 2.93. The van der Waals surface area contributed by atoms with Crippen molar-refractivity contribution >= 4 is 11.7 Å². The highest BCUT2D eigenvalue weighted by atomic mass is 16.4. The second-order valence-corrected chi connectivity index (χ2v) is 6.04. The molecule has 0 atom stereocenters. The molecule has 130 valence electrons. The van der Waals surface area contributed by atoms with Gasteiger partial charge in [-0.15, -0.1) is 0 Å². The highest BCUT2D eigenvalue weighted by molar-refractivity contribution is 5.98. The van der Waals surface area contributed by atoms with Crippen molar-refractivity contribution in [3.8, 4) is 28.3 Å². The minimum atomic E-state index is -1.07. The average molecular weight is 345 g/mol. The minimum Gasteiger partial charge on any atom is -0.477 e. The quantitative estimate of drug-likeness (QED) is 0.697. The Labute approximate surface area is 151 Å². The molecule has 1 heterocycles. The molecule has 0 radical (unpaired) electrons. The smallest absolute Gasteiger partial charge is 0.353 e. The molecule has 5 nitrogen and oxygen atoms in total. The molecule has 0 unspecified atom stereocenters. The normalized spacial score (nSPS) is 10.5. The number of nitrogen functional groups attached to an aromatic ring is 1. The fourth-order valence-corrected chi connectivity index (χ4v) is 3.40. The van der Waals surface area contributed by atoms with Crippen LogP contribution in [-0.2, 0) is 13.5 Å². The van der Waals surface area contributed by atoms with Crippen LogP contribution in [0.3, 0.4) is 0 Å². The van der Waals surface area contributed by atoms with Crippen LogP contribution in [0.15, 0.2) is 48.5 Å². The Morgan fingerprint density at radius 2 is 1.88 bits per heavy atom. The number of anilines is 1. The summed E-state index contributed by atoms with van der Waals surface area (Å²) < 4.78 is 1.58. The van der Waals surface area contributed by atoms with E-state index in [-0.39, 0.29) is 5.69 Å². The fraction of sp³-hybridized carbons (Fsp3) is 0.143. The molecule has 26 heavy (non-hydrogen) atoms. The van der Waals surface area contributed by atoms with Gasteiger partial charge in [0, 0.05) is 29.6 Å². The van der Waals surface area contributed by atoms with E-state index in [0.717, 1.165) is 11.1 Å². The van der Waals surface area contributed by atoms with Crippen LogP contribution in [0.1, 0.15) is 28.7 Å². The molecule has 0 bridgehead atoms. The first-order valence-corrected chi connectivity index (χ1v) is 8.29. The van der Waals surface area contributed by atoms with Gasteiger partial charge in [-0.25, -0.2) is 4.79 Å². The SMILES string of the molecule is CCc1c(C#N)c(-c2ccc(-c3ccccc3)c(N)c2)c(C(=O)O)n1C. The van der Waals surface area contributed by atoms with E-state index < -0.39 is 5.97 Å². The molecule has 3 rings (SSSR count). The predicted molar refractivity (Wildman–Crippen MR) is 102 cm³/mol. The van der Waals surface area contributed by atoms with Crippen LogP contribution in [0.2, 0.25) is 0 Å². The summed E-state index contributed by atoms with van der Waals surface area (Å²) in [5.41, 5.74) is 10.9. The largest absolute Gasteiger partial charge is 0.477 e. The van der Waals surface area contributed by atoms with E-state index in [0.29, 0.717) is 34.5 Å². The van der Waals surface area contributed by atoms with E-state index in [2.05, 4.69) is 6.07 Å². The Morgan fingerprint density at radius 1 is 1.19 bits per heavy atom. The van der Waals surface area contributed by atoms with Gasteiger partial charge in [0.05, 0.1) is 5.56 Å². The molecule has 3 aromatic rings. The lowest BCUT2D eigenvalue weighted by Gasteiger charge is -2.10. The highest BCUT2D eigenvalue weighted by Gasteiger charge is 2.25. The van der Waals surface area contributed by atoms with Crippen LogP contribution in [0.25, 0.3) is 22.3 Å². The van der Waals surface area contributed by atoms with Crippen molar-refractivity contribution in [3.63, 3.8) is 0 Å². The summed E-state index contributed by atoms with van der Waals surface area (Å²) in [7, 11) is 1.67. The topological polar surface area (TPSA) is 92.0 Å². The summed E-state index contributed by atoms with van der Waals surface area (Å²) in [6.07, 6.45) is 0.567. The van der Waals surface area contributed by atoms with Gasteiger partial charge >= 0.3 is 5.97 Å². The predicted octanol–water partition coefficient (Wildman–Crippen LogP) is 4.07. The molecule has 0 aliphatic carbocycles. The van der Waals surface area contributed by atoms with Gasteiger partial charge in [-0.05, 0) is 23.6 Å². The van der Waals surface area contributed by atoms with E-state index in [1.807, 2.05) is 49.4 Å². The molecule has 0 saturated carbocycles. The zero-order chi connectivity index (χ0) is 18.8.